The molecule has 0 saturated carbocycles. The molecular formula is C15H11ClFNO3. The van der Waals surface area contributed by atoms with Crippen LogP contribution in [0.25, 0.3) is 0 Å². The van der Waals surface area contributed by atoms with E-state index in [1.165, 1.54) is 18.2 Å². The first kappa shape index (κ1) is 15.0. The van der Waals surface area contributed by atoms with Gasteiger partial charge in [0.15, 0.2) is 11.9 Å². The van der Waals surface area contributed by atoms with Crippen LogP contribution in [0.1, 0.15) is 22.0 Å². The first-order valence-electron chi connectivity index (χ1n) is 6.03. The van der Waals surface area contributed by atoms with Crippen LogP contribution in [-0.2, 0) is 4.79 Å². The number of carbonyl (C=O) groups is 2. The summed E-state index contributed by atoms with van der Waals surface area (Å²) in [5.41, 5.74) is 0.0884. The van der Waals surface area contributed by atoms with Gasteiger partial charge < -0.3 is 10.4 Å². The first-order chi connectivity index (χ1) is 10.0. The third-order valence-corrected chi connectivity index (χ3v) is 3.14. The minimum Gasteiger partial charge on any atom is -0.479 e. The molecule has 0 aliphatic heterocycles. The number of hydrogen-bond acceptors (Lipinski definition) is 2. The van der Waals surface area contributed by atoms with Crippen molar-refractivity contribution in [3.05, 3.63) is 70.5 Å². The Bertz CT molecular complexity index is 676. The molecule has 0 bridgehead atoms. The SMILES string of the molecule is O=C(NC(C(=O)O)c1ccccc1)c1cccc(Cl)c1F. The Balaban J connectivity index is 2.28. The van der Waals surface area contributed by atoms with Crippen LogP contribution in [0.15, 0.2) is 48.5 Å². The molecule has 108 valence electrons. The molecule has 0 heterocycles. The number of amides is 1. The van der Waals surface area contributed by atoms with Gasteiger partial charge >= 0.3 is 5.97 Å². The predicted molar refractivity (Wildman–Crippen MR) is 75.7 cm³/mol. The van der Waals surface area contributed by atoms with Crippen LogP contribution in [0, 0.1) is 5.82 Å². The molecule has 21 heavy (non-hydrogen) atoms. The maximum absolute atomic E-state index is 13.8. The van der Waals surface area contributed by atoms with Gasteiger partial charge in [0, 0.05) is 0 Å². The molecule has 0 aromatic heterocycles. The number of benzene rings is 2. The number of carboxylic acid groups (broad SMARTS) is 1. The monoisotopic (exact) mass is 307 g/mol. The summed E-state index contributed by atoms with van der Waals surface area (Å²) in [5.74, 6) is -2.96. The number of rotatable bonds is 4. The van der Waals surface area contributed by atoms with Crippen LogP contribution in [0.5, 0.6) is 0 Å². The van der Waals surface area contributed by atoms with Crippen LogP contribution in [0.4, 0.5) is 4.39 Å². The van der Waals surface area contributed by atoms with Crippen molar-refractivity contribution in [3.63, 3.8) is 0 Å². The average Bonchev–Trinajstić information content (AvgIpc) is 2.48. The second kappa shape index (κ2) is 6.37. The van der Waals surface area contributed by atoms with Crippen molar-refractivity contribution >= 4 is 23.5 Å². The third kappa shape index (κ3) is 3.38. The Hall–Kier alpha value is -2.40. The first-order valence-corrected chi connectivity index (χ1v) is 6.41. The molecule has 2 aromatic carbocycles. The van der Waals surface area contributed by atoms with E-state index in [-0.39, 0.29) is 10.6 Å². The lowest BCUT2D eigenvalue weighted by molar-refractivity contribution is -0.139. The lowest BCUT2D eigenvalue weighted by Gasteiger charge is -2.15. The van der Waals surface area contributed by atoms with E-state index < -0.39 is 23.7 Å². The highest BCUT2D eigenvalue weighted by Crippen LogP contribution is 2.19. The van der Waals surface area contributed by atoms with Gasteiger partial charge in [0.1, 0.15) is 0 Å². The summed E-state index contributed by atoms with van der Waals surface area (Å²) in [6.07, 6.45) is 0. The quantitative estimate of drug-likeness (QED) is 0.912. The van der Waals surface area contributed by atoms with Crippen molar-refractivity contribution in [1.29, 1.82) is 0 Å². The number of hydrogen-bond donors (Lipinski definition) is 2. The Kier molecular flexibility index (Phi) is 4.55. The summed E-state index contributed by atoms with van der Waals surface area (Å²) >= 11 is 5.60. The second-order valence-corrected chi connectivity index (χ2v) is 4.66. The Morgan fingerprint density at radius 3 is 2.38 bits per heavy atom. The third-order valence-electron chi connectivity index (χ3n) is 2.85. The van der Waals surface area contributed by atoms with Gasteiger partial charge in [-0.25, -0.2) is 9.18 Å². The van der Waals surface area contributed by atoms with Crippen molar-refractivity contribution in [2.45, 2.75) is 6.04 Å². The minimum absolute atomic E-state index is 0.200. The van der Waals surface area contributed by atoms with Gasteiger partial charge in [-0.1, -0.05) is 48.0 Å². The van der Waals surface area contributed by atoms with Gasteiger partial charge in [-0.05, 0) is 17.7 Å². The molecule has 1 unspecified atom stereocenters. The summed E-state index contributed by atoms with van der Waals surface area (Å²) in [6.45, 7) is 0. The lowest BCUT2D eigenvalue weighted by Crippen LogP contribution is -2.34. The van der Waals surface area contributed by atoms with E-state index in [9.17, 15) is 19.1 Å². The summed E-state index contributed by atoms with van der Waals surface area (Å²) < 4.78 is 13.8. The van der Waals surface area contributed by atoms with Crippen molar-refractivity contribution in [2.24, 2.45) is 0 Å². The zero-order valence-electron chi connectivity index (χ0n) is 10.7. The molecule has 2 N–H and O–H groups in total. The molecule has 2 rings (SSSR count). The Morgan fingerprint density at radius 1 is 1.10 bits per heavy atom. The maximum Gasteiger partial charge on any atom is 0.330 e. The van der Waals surface area contributed by atoms with Crippen LogP contribution < -0.4 is 5.32 Å². The van der Waals surface area contributed by atoms with Crippen LogP contribution >= 0.6 is 11.6 Å². The lowest BCUT2D eigenvalue weighted by atomic mass is 10.1. The second-order valence-electron chi connectivity index (χ2n) is 4.26. The van der Waals surface area contributed by atoms with Crippen LogP contribution in [0.3, 0.4) is 0 Å². The van der Waals surface area contributed by atoms with Crippen molar-refractivity contribution in [1.82, 2.24) is 5.32 Å². The van der Waals surface area contributed by atoms with Crippen LogP contribution in [-0.4, -0.2) is 17.0 Å². The number of halogens is 2. The molecule has 0 saturated heterocycles. The van der Waals surface area contributed by atoms with Gasteiger partial charge in [-0.2, -0.15) is 0 Å². The summed E-state index contributed by atoms with van der Waals surface area (Å²) in [5, 5.41) is 11.3. The standard InChI is InChI=1S/C15H11ClFNO3/c16-11-8-4-7-10(12(11)17)14(19)18-13(15(20)21)9-5-2-1-3-6-9/h1-8,13H,(H,18,19)(H,20,21). The zero-order valence-corrected chi connectivity index (χ0v) is 11.5. The Labute approximate surface area is 125 Å². The topological polar surface area (TPSA) is 66.4 Å². The number of carbonyl (C=O) groups excluding carboxylic acids is 1. The normalized spacial score (nSPS) is 11.7. The molecule has 4 nitrogen and oxygen atoms in total. The molecule has 0 radical (unpaired) electrons. The highest BCUT2D eigenvalue weighted by atomic mass is 35.5. The number of nitrogens with one attached hydrogen (secondary N) is 1. The minimum atomic E-state index is -1.27. The summed E-state index contributed by atoms with van der Waals surface area (Å²) in [4.78, 5) is 23.3. The molecule has 1 atom stereocenters. The van der Waals surface area contributed by atoms with Gasteiger partial charge in [-0.15, -0.1) is 0 Å². The van der Waals surface area contributed by atoms with E-state index >= 15 is 0 Å². The highest BCUT2D eigenvalue weighted by molar-refractivity contribution is 6.31. The molecule has 0 aliphatic carbocycles. The highest BCUT2D eigenvalue weighted by Gasteiger charge is 2.24. The summed E-state index contributed by atoms with van der Waals surface area (Å²) in [7, 11) is 0. The molecule has 1 amide bonds. The van der Waals surface area contributed by atoms with Crippen molar-refractivity contribution < 1.29 is 19.1 Å². The number of carboxylic acids is 1. The summed E-state index contributed by atoms with van der Waals surface area (Å²) in [6, 6.07) is 10.8. The fraction of sp³-hybridized carbons (Fsp3) is 0.0667. The van der Waals surface area contributed by atoms with E-state index in [2.05, 4.69) is 5.32 Å². The molecule has 0 aliphatic rings. The predicted octanol–water partition coefficient (Wildman–Crippen LogP) is 3.03. The largest absolute Gasteiger partial charge is 0.479 e. The van der Waals surface area contributed by atoms with E-state index in [1.54, 1.807) is 30.3 Å². The smallest absolute Gasteiger partial charge is 0.330 e. The molecule has 0 spiro atoms. The van der Waals surface area contributed by atoms with Crippen molar-refractivity contribution in [3.8, 4) is 0 Å². The molecule has 6 heteroatoms. The fourth-order valence-electron chi connectivity index (χ4n) is 1.82. The average molecular weight is 308 g/mol. The zero-order chi connectivity index (χ0) is 15.4. The fourth-order valence-corrected chi connectivity index (χ4v) is 2.00. The Morgan fingerprint density at radius 2 is 1.76 bits per heavy atom. The van der Waals surface area contributed by atoms with E-state index in [0.717, 1.165) is 0 Å². The molecular weight excluding hydrogens is 297 g/mol. The van der Waals surface area contributed by atoms with Gasteiger partial charge in [0.05, 0.1) is 10.6 Å². The van der Waals surface area contributed by atoms with Gasteiger partial charge in [0.25, 0.3) is 5.91 Å². The molecule has 0 fully saturated rings. The van der Waals surface area contributed by atoms with E-state index in [0.29, 0.717) is 5.56 Å². The van der Waals surface area contributed by atoms with Crippen LogP contribution in [0.2, 0.25) is 5.02 Å². The van der Waals surface area contributed by atoms with E-state index in [1.807, 2.05) is 0 Å². The van der Waals surface area contributed by atoms with E-state index in [4.69, 9.17) is 11.6 Å². The van der Waals surface area contributed by atoms with Crippen molar-refractivity contribution in [2.75, 3.05) is 0 Å². The number of aliphatic carboxylic acids is 1. The van der Waals surface area contributed by atoms with Gasteiger partial charge in [0.2, 0.25) is 0 Å². The maximum atomic E-state index is 13.8. The van der Waals surface area contributed by atoms with Gasteiger partial charge in [-0.3, -0.25) is 4.79 Å². The molecule has 2 aromatic rings.